The van der Waals surface area contributed by atoms with Crippen molar-refractivity contribution in [3.63, 3.8) is 0 Å². The van der Waals surface area contributed by atoms with Crippen molar-refractivity contribution in [2.24, 2.45) is 0 Å². The Labute approximate surface area is 92.5 Å². The van der Waals surface area contributed by atoms with Gasteiger partial charge in [-0.25, -0.2) is 8.78 Å². The molecule has 1 nitrogen and oxygen atoms in total. The average Bonchev–Trinajstić information content (AvgIpc) is 2.22. The van der Waals surface area contributed by atoms with Gasteiger partial charge < -0.3 is 5.73 Å². The molecule has 0 saturated carbocycles. The molecule has 0 unspecified atom stereocenters. The van der Waals surface area contributed by atoms with Crippen LogP contribution in [-0.2, 0) is 0 Å². The third-order valence-corrected chi connectivity index (χ3v) is 2.50. The highest BCUT2D eigenvalue weighted by atomic mass is 19.1. The van der Waals surface area contributed by atoms with Gasteiger partial charge in [0.15, 0.2) is 0 Å². The molecule has 2 rings (SSSR count). The van der Waals surface area contributed by atoms with Crippen LogP contribution in [0.1, 0.15) is 5.56 Å². The molecular formula is C13H11F2N. The van der Waals surface area contributed by atoms with Crippen LogP contribution in [0.15, 0.2) is 36.4 Å². The highest BCUT2D eigenvalue weighted by Gasteiger charge is 2.06. The summed E-state index contributed by atoms with van der Waals surface area (Å²) in [5.74, 6) is -0.685. The molecule has 0 spiro atoms. The highest BCUT2D eigenvalue weighted by molar-refractivity contribution is 5.76. The number of nitrogen functional groups attached to an aromatic ring is 1. The van der Waals surface area contributed by atoms with Crippen molar-refractivity contribution < 1.29 is 8.78 Å². The predicted octanol–water partition coefficient (Wildman–Crippen LogP) is 3.52. The van der Waals surface area contributed by atoms with Gasteiger partial charge in [0.25, 0.3) is 0 Å². The molecule has 0 aliphatic rings. The minimum absolute atomic E-state index is 0.291. The van der Waals surface area contributed by atoms with Gasteiger partial charge >= 0.3 is 0 Å². The fraction of sp³-hybridized carbons (Fsp3) is 0.0769. The number of halogens is 2. The number of anilines is 1. The molecule has 0 aliphatic heterocycles. The molecule has 0 saturated heterocycles. The summed E-state index contributed by atoms with van der Waals surface area (Å²) in [5.41, 5.74) is 7.85. The summed E-state index contributed by atoms with van der Waals surface area (Å²) in [7, 11) is 0. The Morgan fingerprint density at radius 3 is 2.38 bits per heavy atom. The Morgan fingerprint density at radius 1 is 1.00 bits per heavy atom. The summed E-state index contributed by atoms with van der Waals surface area (Å²) < 4.78 is 26.2. The Balaban J connectivity index is 2.54. The molecule has 0 fully saturated rings. The molecule has 2 N–H and O–H groups in total. The Bertz CT molecular complexity index is 535. The van der Waals surface area contributed by atoms with Gasteiger partial charge in [0.1, 0.15) is 11.6 Å². The minimum atomic E-state index is -0.395. The number of benzene rings is 2. The van der Waals surface area contributed by atoms with Gasteiger partial charge in [-0.05, 0) is 42.3 Å². The van der Waals surface area contributed by atoms with Crippen LogP contribution >= 0.6 is 0 Å². The smallest absolute Gasteiger partial charge is 0.126 e. The van der Waals surface area contributed by atoms with Crippen LogP contribution in [0.4, 0.5) is 14.5 Å². The van der Waals surface area contributed by atoms with Gasteiger partial charge in [-0.3, -0.25) is 0 Å². The first-order chi connectivity index (χ1) is 7.58. The number of hydrogen-bond acceptors (Lipinski definition) is 1. The molecule has 0 atom stereocenters. The van der Waals surface area contributed by atoms with Crippen molar-refractivity contribution in [1.82, 2.24) is 0 Å². The fourth-order valence-electron chi connectivity index (χ4n) is 1.56. The SMILES string of the molecule is Cc1ccc(-c2ccc(F)cc2N)cc1F. The second-order valence-corrected chi connectivity index (χ2v) is 3.70. The number of nitrogens with two attached hydrogens (primary N) is 1. The quantitative estimate of drug-likeness (QED) is 0.729. The first-order valence-corrected chi connectivity index (χ1v) is 4.89. The molecule has 16 heavy (non-hydrogen) atoms. The van der Waals surface area contributed by atoms with E-state index in [4.69, 9.17) is 5.73 Å². The molecule has 0 aliphatic carbocycles. The highest BCUT2D eigenvalue weighted by Crippen LogP contribution is 2.27. The molecule has 0 bridgehead atoms. The average molecular weight is 219 g/mol. The normalized spacial score (nSPS) is 10.4. The zero-order valence-corrected chi connectivity index (χ0v) is 8.80. The van der Waals surface area contributed by atoms with E-state index in [1.807, 2.05) is 0 Å². The zero-order valence-electron chi connectivity index (χ0n) is 8.80. The van der Waals surface area contributed by atoms with E-state index in [1.54, 1.807) is 25.1 Å². The van der Waals surface area contributed by atoms with Crippen molar-refractivity contribution in [3.05, 3.63) is 53.6 Å². The minimum Gasteiger partial charge on any atom is -0.398 e. The van der Waals surface area contributed by atoms with Crippen LogP contribution in [0.25, 0.3) is 11.1 Å². The van der Waals surface area contributed by atoms with Gasteiger partial charge in [0.05, 0.1) is 0 Å². The van der Waals surface area contributed by atoms with E-state index in [0.717, 1.165) is 0 Å². The Morgan fingerprint density at radius 2 is 1.75 bits per heavy atom. The van der Waals surface area contributed by atoms with Crippen molar-refractivity contribution in [2.75, 3.05) is 5.73 Å². The topological polar surface area (TPSA) is 26.0 Å². The maximum Gasteiger partial charge on any atom is 0.126 e. The summed E-state index contributed by atoms with van der Waals surface area (Å²) in [6, 6.07) is 8.93. The summed E-state index contributed by atoms with van der Waals surface area (Å²) >= 11 is 0. The van der Waals surface area contributed by atoms with Crippen molar-refractivity contribution in [3.8, 4) is 11.1 Å². The van der Waals surface area contributed by atoms with Crippen LogP contribution in [0.5, 0.6) is 0 Å². The first kappa shape index (κ1) is 10.6. The standard InChI is InChI=1S/C13H11F2N/c1-8-2-3-9(6-12(8)15)11-5-4-10(14)7-13(11)16/h2-7H,16H2,1H3. The molecule has 0 amide bonds. The molecular weight excluding hydrogens is 208 g/mol. The molecule has 82 valence electrons. The molecule has 2 aromatic carbocycles. The van der Waals surface area contributed by atoms with Gasteiger partial charge in [-0.15, -0.1) is 0 Å². The molecule has 0 aromatic heterocycles. The van der Waals surface area contributed by atoms with Gasteiger partial charge in [0, 0.05) is 11.3 Å². The van der Waals surface area contributed by atoms with Crippen LogP contribution in [0.2, 0.25) is 0 Å². The van der Waals surface area contributed by atoms with Crippen molar-refractivity contribution >= 4 is 5.69 Å². The van der Waals surface area contributed by atoms with Gasteiger partial charge in [-0.1, -0.05) is 12.1 Å². The van der Waals surface area contributed by atoms with E-state index >= 15 is 0 Å². The lowest BCUT2D eigenvalue weighted by Crippen LogP contribution is -1.92. The van der Waals surface area contributed by atoms with Gasteiger partial charge in [0.2, 0.25) is 0 Å². The molecule has 0 radical (unpaired) electrons. The third kappa shape index (κ3) is 1.89. The van der Waals surface area contributed by atoms with E-state index < -0.39 is 5.82 Å². The Kier molecular flexibility index (Phi) is 2.60. The largest absolute Gasteiger partial charge is 0.398 e. The number of aryl methyl sites for hydroxylation is 1. The van der Waals surface area contributed by atoms with Crippen molar-refractivity contribution in [1.29, 1.82) is 0 Å². The summed E-state index contributed by atoms with van der Waals surface area (Å²) in [6.07, 6.45) is 0. The maximum absolute atomic E-state index is 13.4. The summed E-state index contributed by atoms with van der Waals surface area (Å²) in [4.78, 5) is 0. The lowest BCUT2D eigenvalue weighted by Gasteiger charge is -2.07. The maximum atomic E-state index is 13.4. The lowest BCUT2D eigenvalue weighted by atomic mass is 10.0. The molecule has 0 heterocycles. The summed E-state index contributed by atoms with van der Waals surface area (Å²) in [5, 5.41) is 0. The van der Waals surface area contributed by atoms with Crippen LogP contribution in [-0.4, -0.2) is 0 Å². The van der Waals surface area contributed by atoms with Crippen LogP contribution < -0.4 is 5.73 Å². The Hall–Kier alpha value is -1.90. The third-order valence-electron chi connectivity index (χ3n) is 2.50. The summed E-state index contributed by atoms with van der Waals surface area (Å²) in [6.45, 7) is 1.69. The van der Waals surface area contributed by atoms with E-state index in [-0.39, 0.29) is 5.82 Å². The zero-order chi connectivity index (χ0) is 11.7. The monoisotopic (exact) mass is 219 g/mol. The lowest BCUT2D eigenvalue weighted by molar-refractivity contribution is 0.619. The van der Waals surface area contributed by atoms with Gasteiger partial charge in [-0.2, -0.15) is 0 Å². The van der Waals surface area contributed by atoms with E-state index in [9.17, 15) is 8.78 Å². The van der Waals surface area contributed by atoms with E-state index in [1.165, 1.54) is 18.2 Å². The van der Waals surface area contributed by atoms with Crippen LogP contribution in [0, 0.1) is 18.6 Å². The van der Waals surface area contributed by atoms with Crippen LogP contribution in [0.3, 0.4) is 0 Å². The fourth-order valence-corrected chi connectivity index (χ4v) is 1.56. The van der Waals surface area contributed by atoms with E-state index in [2.05, 4.69) is 0 Å². The van der Waals surface area contributed by atoms with Crippen molar-refractivity contribution in [2.45, 2.75) is 6.92 Å². The predicted molar refractivity (Wildman–Crippen MR) is 60.9 cm³/mol. The number of hydrogen-bond donors (Lipinski definition) is 1. The molecule has 2 aromatic rings. The second kappa shape index (κ2) is 3.93. The van der Waals surface area contributed by atoms with E-state index in [0.29, 0.717) is 22.4 Å². The number of rotatable bonds is 1. The molecule has 3 heteroatoms. The first-order valence-electron chi connectivity index (χ1n) is 4.89. The second-order valence-electron chi connectivity index (χ2n) is 3.70.